The summed E-state index contributed by atoms with van der Waals surface area (Å²) >= 11 is 0. The van der Waals surface area contributed by atoms with Gasteiger partial charge in [-0.05, 0) is 62.3 Å². The topological polar surface area (TPSA) is 32.3 Å². The molecule has 1 saturated heterocycles. The highest BCUT2D eigenvalue weighted by atomic mass is 16.3. The van der Waals surface area contributed by atoms with E-state index in [-0.39, 0.29) is 0 Å². The molecule has 1 aliphatic heterocycles. The molecule has 0 aromatic rings. The molecule has 0 spiro atoms. The molecule has 0 aromatic heterocycles. The fourth-order valence-corrected chi connectivity index (χ4v) is 4.05. The molecule has 1 heterocycles. The number of nitrogens with one attached hydrogen (secondary N) is 1. The average Bonchev–Trinajstić information content (AvgIpc) is 2.39. The lowest BCUT2D eigenvalue weighted by Crippen LogP contribution is -2.56. The minimum absolute atomic E-state index is 0.335. The molecule has 0 radical (unpaired) electrons. The van der Waals surface area contributed by atoms with Crippen LogP contribution in [0, 0.1) is 17.3 Å². The van der Waals surface area contributed by atoms with E-state index in [9.17, 15) is 5.11 Å². The second-order valence-corrected chi connectivity index (χ2v) is 7.86. The highest BCUT2D eigenvalue weighted by Gasteiger charge is 2.43. The minimum Gasteiger partial charge on any atom is -0.388 e. The monoisotopic (exact) mass is 267 g/mol. The van der Waals surface area contributed by atoms with Gasteiger partial charge in [0.25, 0.3) is 0 Å². The fraction of sp³-hybridized carbons (Fsp3) is 1.00. The molecule has 0 bridgehead atoms. The van der Waals surface area contributed by atoms with E-state index in [1.165, 1.54) is 25.7 Å². The minimum atomic E-state index is -0.436. The van der Waals surface area contributed by atoms with Gasteiger partial charge < -0.3 is 10.4 Å². The van der Waals surface area contributed by atoms with Crippen molar-refractivity contribution in [2.75, 3.05) is 6.54 Å². The second-order valence-electron chi connectivity index (χ2n) is 7.86. The van der Waals surface area contributed by atoms with Crippen LogP contribution in [0.5, 0.6) is 0 Å². The molecule has 19 heavy (non-hydrogen) atoms. The first-order chi connectivity index (χ1) is 8.87. The Balaban J connectivity index is 1.94. The summed E-state index contributed by atoms with van der Waals surface area (Å²) in [7, 11) is 0. The lowest BCUT2D eigenvalue weighted by molar-refractivity contribution is -0.0650. The van der Waals surface area contributed by atoms with Gasteiger partial charge in [-0.2, -0.15) is 0 Å². The van der Waals surface area contributed by atoms with Crippen molar-refractivity contribution in [3.8, 4) is 0 Å². The summed E-state index contributed by atoms with van der Waals surface area (Å²) < 4.78 is 0. The zero-order chi connectivity index (χ0) is 14.1. The fourth-order valence-electron chi connectivity index (χ4n) is 4.05. The smallest absolute Gasteiger partial charge is 0.0800 e. The van der Waals surface area contributed by atoms with Gasteiger partial charge in [0, 0.05) is 6.04 Å². The van der Waals surface area contributed by atoms with Gasteiger partial charge in [-0.1, -0.05) is 34.1 Å². The van der Waals surface area contributed by atoms with E-state index in [1.54, 1.807) is 0 Å². The number of aliphatic hydroxyl groups is 1. The molecule has 0 aromatic carbocycles. The molecule has 2 atom stereocenters. The second kappa shape index (κ2) is 5.73. The van der Waals surface area contributed by atoms with Gasteiger partial charge in [-0.3, -0.25) is 0 Å². The molecular weight excluding hydrogens is 234 g/mol. The van der Waals surface area contributed by atoms with Crippen molar-refractivity contribution >= 4 is 0 Å². The Morgan fingerprint density at radius 3 is 2.37 bits per heavy atom. The van der Waals surface area contributed by atoms with Crippen molar-refractivity contribution in [3.05, 3.63) is 0 Å². The van der Waals surface area contributed by atoms with Crippen LogP contribution in [0.25, 0.3) is 0 Å². The molecule has 1 aliphatic carbocycles. The molecule has 2 N–H and O–H groups in total. The van der Waals surface area contributed by atoms with Gasteiger partial charge in [0.1, 0.15) is 0 Å². The van der Waals surface area contributed by atoms with Gasteiger partial charge in [-0.15, -0.1) is 0 Å². The molecule has 1 saturated carbocycles. The molecule has 2 aliphatic rings. The Morgan fingerprint density at radius 2 is 1.84 bits per heavy atom. The zero-order valence-corrected chi connectivity index (χ0v) is 13.3. The predicted molar refractivity (Wildman–Crippen MR) is 81.2 cm³/mol. The third-order valence-electron chi connectivity index (χ3n) is 6.18. The van der Waals surface area contributed by atoms with Crippen molar-refractivity contribution in [1.29, 1.82) is 0 Å². The van der Waals surface area contributed by atoms with Crippen LogP contribution in [0.1, 0.15) is 72.6 Å². The van der Waals surface area contributed by atoms with E-state index >= 15 is 0 Å². The highest BCUT2D eigenvalue weighted by Crippen LogP contribution is 2.45. The van der Waals surface area contributed by atoms with Crippen molar-refractivity contribution in [3.63, 3.8) is 0 Å². The number of piperidine rings is 1. The molecule has 2 nitrogen and oxygen atoms in total. The molecule has 2 unspecified atom stereocenters. The summed E-state index contributed by atoms with van der Waals surface area (Å²) in [6.07, 6.45) is 8.04. The van der Waals surface area contributed by atoms with Gasteiger partial charge in [-0.25, -0.2) is 0 Å². The van der Waals surface area contributed by atoms with E-state index in [1.807, 2.05) is 0 Å². The molecule has 0 amide bonds. The van der Waals surface area contributed by atoms with Crippen LogP contribution in [0.4, 0.5) is 0 Å². The number of hydrogen-bond acceptors (Lipinski definition) is 2. The summed E-state index contributed by atoms with van der Waals surface area (Å²) in [6, 6.07) is 0.335. The third-order valence-corrected chi connectivity index (χ3v) is 6.18. The molecule has 2 rings (SSSR count). The van der Waals surface area contributed by atoms with Crippen molar-refractivity contribution in [2.45, 2.75) is 84.3 Å². The molecule has 2 fully saturated rings. The first kappa shape index (κ1) is 15.3. The van der Waals surface area contributed by atoms with E-state index in [4.69, 9.17) is 0 Å². The van der Waals surface area contributed by atoms with E-state index in [2.05, 4.69) is 33.0 Å². The van der Waals surface area contributed by atoms with Crippen molar-refractivity contribution in [1.82, 2.24) is 5.32 Å². The van der Waals surface area contributed by atoms with Crippen LogP contribution in [0.3, 0.4) is 0 Å². The lowest BCUT2D eigenvalue weighted by Gasteiger charge is -2.47. The average molecular weight is 267 g/mol. The molecular formula is C17H33NO. The largest absolute Gasteiger partial charge is 0.388 e. The Morgan fingerprint density at radius 1 is 1.21 bits per heavy atom. The first-order valence-corrected chi connectivity index (χ1v) is 8.33. The van der Waals surface area contributed by atoms with Gasteiger partial charge in [0.15, 0.2) is 0 Å². The van der Waals surface area contributed by atoms with Crippen LogP contribution >= 0.6 is 0 Å². The number of hydrogen-bond donors (Lipinski definition) is 2. The third kappa shape index (κ3) is 3.33. The summed E-state index contributed by atoms with van der Waals surface area (Å²) in [5.41, 5.74) is 0.00359. The van der Waals surface area contributed by atoms with E-state index < -0.39 is 5.60 Å². The Bertz CT molecular complexity index is 292. The predicted octanol–water partition coefficient (Wildman–Crippen LogP) is 3.73. The maximum absolute atomic E-state index is 11.0. The van der Waals surface area contributed by atoms with Crippen LogP contribution in [-0.2, 0) is 0 Å². The Labute approximate surface area is 119 Å². The van der Waals surface area contributed by atoms with Gasteiger partial charge in [0.2, 0.25) is 0 Å². The van der Waals surface area contributed by atoms with Crippen LogP contribution in [0.15, 0.2) is 0 Å². The SMILES string of the molecule is CCC(C)(C)C1CCC(O)(C2CC(C)CCN2)CC1. The normalized spacial score (nSPS) is 41.2. The Hall–Kier alpha value is -0.0800. The maximum atomic E-state index is 11.0. The molecule has 112 valence electrons. The Kier molecular flexibility index (Phi) is 4.62. The summed E-state index contributed by atoms with van der Waals surface area (Å²) in [5, 5.41) is 14.6. The standard InChI is InChI=1S/C17H33NO/c1-5-16(3,4)14-6-9-17(19,10-7-14)15-12-13(2)8-11-18-15/h13-15,18-19H,5-12H2,1-4H3. The summed E-state index contributed by atoms with van der Waals surface area (Å²) in [6.45, 7) is 10.5. The van der Waals surface area contributed by atoms with Crippen LogP contribution < -0.4 is 5.32 Å². The quantitative estimate of drug-likeness (QED) is 0.816. The number of rotatable bonds is 3. The van der Waals surface area contributed by atoms with Gasteiger partial charge >= 0.3 is 0 Å². The maximum Gasteiger partial charge on any atom is 0.0800 e. The van der Waals surface area contributed by atoms with Crippen LogP contribution in [-0.4, -0.2) is 23.3 Å². The highest BCUT2D eigenvalue weighted by molar-refractivity contribution is 4.99. The lowest BCUT2D eigenvalue weighted by atomic mass is 9.64. The zero-order valence-electron chi connectivity index (χ0n) is 13.3. The van der Waals surface area contributed by atoms with E-state index in [0.29, 0.717) is 11.5 Å². The molecule has 2 heteroatoms. The van der Waals surface area contributed by atoms with Crippen LogP contribution in [0.2, 0.25) is 0 Å². The first-order valence-electron chi connectivity index (χ1n) is 8.33. The summed E-state index contributed by atoms with van der Waals surface area (Å²) in [5.74, 6) is 1.55. The van der Waals surface area contributed by atoms with Gasteiger partial charge in [0.05, 0.1) is 5.60 Å². The van der Waals surface area contributed by atoms with E-state index in [0.717, 1.165) is 37.6 Å². The summed E-state index contributed by atoms with van der Waals surface area (Å²) in [4.78, 5) is 0. The van der Waals surface area contributed by atoms with Crippen molar-refractivity contribution in [2.24, 2.45) is 17.3 Å². The van der Waals surface area contributed by atoms with Crippen molar-refractivity contribution < 1.29 is 5.11 Å².